The average Bonchev–Trinajstić information content (AvgIpc) is 3.15. The maximum atomic E-state index is 12.7. The normalized spacial score (nSPS) is 11.6. The third-order valence-electron chi connectivity index (χ3n) is 4.04. The lowest BCUT2D eigenvalue weighted by Crippen LogP contribution is -2.03. The van der Waals surface area contributed by atoms with E-state index in [0.717, 1.165) is 41.6 Å². The molecule has 0 saturated carbocycles. The fraction of sp³-hybridized carbons (Fsp3) is 0.238. The van der Waals surface area contributed by atoms with Crippen LogP contribution >= 0.6 is 15.9 Å². The predicted octanol–water partition coefficient (Wildman–Crippen LogP) is 7.19. The Morgan fingerprint density at radius 2 is 1.33 bits per heavy atom. The van der Waals surface area contributed by atoms with Gasteiger partial charge < -0.3 is 9.15 Å². The van der Waals surface area contributed by atoms with Crippen LogP contribution in [0.1, 0.15) is 18.4 Å². The van der Waals surface area contributed by atoms with E-state index in [1.807, 2.05) is 24.3 Å². The number of hydrogen-bond donors (Lipinski definition) is 0. The summed E-state index contributed by atoms with van der Waals surface area (Å²) in [6.45, 7) is 0.670. The molecule has 27 heavy (non-hydrogen) atoms. The van der Waals surface area contributed by atoms with Gasteiger partial charge in [-0.2, -0.15) is 13.2 Å². The van der Waals surface area contributed by atoms with Crippen LogP contribution in [0.4, 0.5) is 13.2 Å². The molecule has 0 aliphatic rings. The first-order valence-corrected chi connectivity index (χ1v) is 9.66. The molecule has 0 aliphatic heterocycles. The second-order valence-corrected chi connectivity index (χ2v) is 6.80. The van der Waals surface area contributed by atoms with E-state index >= 15 is 0 Å². The van der Waals surface area contributed by atoms with Crippen molar-refractivity contribution in [2.45, 2.75) is 19.0 Å². The first-order chi connectivity index (χ1) is 13.0. The van der Waals surface area contributed by atoms with Crippen LogP contribution in [0.5, 0.6) is 5.75 Å². The fourth-order valence-electron chi connectivity index (χ4n) is 2.57. The van der Waals surface area contributed by atoms with Gasteiger partial charge in [0, 0.05) is 16.5 Å². The molecular formula is C21H18BrF3O2. The van der Waals surface area contributed by atoms with E-state index in [2.05, 4.69) is 15.9 Å². The quantitative estimate of drug-likeness (QED) is 0.287. The molecule has 0 spiro atoms. The van der Waals surface area contributed by atoms with Crippen molar-refractivity contribution in [2.75, 3.05) is 11.9 Å². The van der Waals surface area contributed by atoms with E-state index in [1.165, 1.54) is 12.1 Å². The van der Waals surface area contributed by atoms with Crippen molar-refractivity contribution < 1.29 is 22.3 Å². The lowest BCUT2D eigenvalue weighted by atomic mass is 10.1. The number of hydrogen-bond acceptors (Lipinski definition) is 2. The summed E-state index contributed by atoms with van der Waals surface area (Å²) < 4.78 is 49.5. The number of alkyl halides is 4. The second-order valence-electron chi connectivity index (χ2n) is 6.01. The molecule has 0 atom stereocenters. The van der Waals surface area contributed by atoms with Gasteiger partial charge in [-0.3, -0.25) is 0 Å². The van der Waals surface area contributed by atoms with Gasteiger partial charge in [-0.05, 0) is 61.4 Å². The first kappa shape index (κ1) is 19.5. The zero-order valence-corrected chi connectivity index (χ0v) is 16.0. The van der Waals surface area contributed by atoms with Gasteiger partial charge in [0.05, 0.1) is 12.2 Å². The summed E-state index contributed by atoms with van der Waals surface area (Å²) in [6.07, 6.45) is -2.29. The number of benzene rings is 2. The Hall–Kier alpha value is -2.21. The fourth-order valence-corrected chi connectivity index (χ4v) is 2.97. The summed E-state index contributed by atoms with van der Waals surface area (Å²) >= 11 is 3.39. The maximum absolute atomic E-state index is 12.7. The molecule has 0 radical (unpaired) electrons. The molecule has 3 rings (SSSR count). The summed E-state index contributed by atoms with van der Waals surface area (Å²) in [5.41, 5.74) is 0.798. The van der Waals surface area contributed by atoms with Crippen molar-refractivity contribution in [1.82, 2.24) is 0 Å². The van der Waals surface area contributed by atoms with Crippen LogP contribution in [0, 0.1) is 0 Å². The highest BCUT2D eigenvalue weighted by molar-refractivity contribution is 9.09. The largest absolute Gasteiger partial charge is 0.494 e. The number of furan rings is 1. The summed E-state index contributed by atoms with van der Waals surface area (Å²) in [5.74, 6) is 1.97. The van der Waals surface area contributed by atoms with Crippen LogP contribution in [0.2, 0.25) is 0 Å². The van der Waals surface area contributed by atoms with Crippen molar-refractivity contribution in [2.24, 2.45) is 0 Å². The van der Waals surface area contributed by atoms with Crippen LogP contribution in [0.15, 0.2) is 65.1 Å². The smallest absolute Gasteiger partial charge is 0.416 e. The number of halogens is 4. The third kappa shape index (κ3) is 5.16. The average molecular weight is 439 g/mol. The molecule has 2 aromatic carbocycles. The molecule has 2 nitrogen and oxygen atoms in total. The maximum Gasteiger partial charge on any atom is 0.416 e. The van der Waals surface area contributed by atoms with Crippen molar-refractivity contribution in [3.8, 4) is 28.4 Å². The van der Waals surface area contributed by atoms with Crippen LogP contribution in [0.25, 0.3) is 22.6 Å². The van der Waals surface area contributed by atoms with Crippen molar-refractivity contribution in [1.29, 1.82) is 0 Å². The Bertz CT molecular complexity index is 852. The van der Waals surface area contributed by atoms with Gasteiger partial charge in [0.1, 0.15) is 17.3 Å². The lowest BCUT2D eigenvalue weighted by Gasteiger charge is -2.07. The van der Waals surface area contributed by atoms with Crippen LogP contribution < -0.4 is 4.74 Å². The Kier molecular flexibility index (Phi) is 6.26. The Balaban J connectivity index is 1.68. The Morgan fingerprint density at radius 1 is 0.778 bits per heavy atom. The SMILES string of the molecule is FC(F)(F)c1ccc(-c2ccc(-c3ccc(OCCCCBr)cc3)o2)cc1. The first-order valence-electron chi connectivity index (χ1n) is 8.54. The van der Waals surface area contributed by atoms with E-state index in [9.17, 15) is 13.2 Å². The van der Waals surface area contributed by atoms with Gasteiger partial charge >= 0.3 is 6.18 Å². The van der Waals surface area contributed by atoms with Gasteiger partial charge in [-0.25, -0.2) is 0 Å². The van der Waals surface area contributed by atoms with Gasteiger partial charge in [-0.15, -0.1) is 0 Å². The molecule has 0 amide bonds. The highest BCUT2D eigenvalue weighted by Crippen LogP contribution is 2.33. The lowest BCUT2D eigenvalue weighted by molar-refractivity contribution is -0.137. The molecule has 0 unspecified atom stereocenters. The molecule has 0 fully saturated rings. The van der Waals surface area contributed by atoms with Crippen LogP contribution in [-0.4, -0.2) is 11.9 Å². The minimum absolute atomic E-state index is 0.522. The van der Waals surface area contributed by atoms with E-state index in [1.54, 1.807) is 12.1 Å². The molecule has 1 heterocycles. The molecule has 0 aliphatic carbocycles. The topological polar surface area (TPSA) is 22.4 Å². The Labute approximate surface area is 164 Å². The highest BCUT2D eigenvalue weighted by Gasteiger charge is 2.30. The van der Waals surface area contributed by atoms with Gasteiger partial charge in [0.15, 0.2) is 0 Å². The zero-order valence-electron chi connectivity index (χ0n) is 14.4. The van der Waals surface area contributed by atoms with Crippen molar-refractivity contribution in [3.63, 3.8) is 0 Å². The Morgan fingerprint density at radius 3 is 1.85 bits per heavy atom. The monoisotopic (exact) mass is 438 g/mol. The highest BCUT2D eigenvalue weighted by atomic mass is 79.9. The van der Waals surface area contributed by atoms with Crippen molar-refractivity contribution in [3.05, 3.63) is 66.2 Å². The van der Waals surface area contributed by atoms with Gasteiger partial charge in [0.2, 0.25) is 0 Å². The summed E-state index contributed by atoms with van der Waals surface area (Å²) in [7, 11) is 0. The number of rotatable bonds is 7. The van der Waals surface area contributed by atoms with Gasteiger partial charge in [-0.1, -0.05) is 28.1 Å². The van der Waals surface area contributed by atoms with Crippen molar-refractivity contribution >= 4 is 15.9 Å². The van der Waals surface area contributed by atoms with E-state index < -0.39 is 11.7 Å². The summed E-state index contributed by atoms with van der Waals surface area (Å²) in [4.78, 5) is 0. The molecule has 0 bridgehead atoms. The van der Waals surface area contributed by atoms with E-state index in [-0.39, 0.29) is 0 Å². The van der Waals surface area contributed by atoms with Crippen LogP contribution in [-0.2, 0) is 6.18 Å². The zero-order chi connectivity index (χ0) is 19.3. The molecule has 0 N–H and O–H groups in total. The molecule has 0 saturated heterocycles. The summed E-state index contributed by atoms with van der Waals surface area (Å²) in [5, 5.41) is 0.967. The standard InChI is InChI=1S/C21H18BrF3O2/c22-13-1-2-14-26-18-9-5-16(6-10-18)20-12-11-19(27-20)15-3-7-17(8-4-15)21(23,24)25/h3-12H,1-2,13-14H2. The molecule has 142 valence electrons. The minimum atomic E-state index is -4.34. The third-order valence-corrected chi connectivity index (χ3v) is 4.60. The molecule has 1 aromatic heterocycles. The molecule has 6 heteroatoms. The molecule has 3 aromatic rings. The number of unbranched alkanes of at least 4 members (excludes halogenated alkanes) is 1. The number of ether oxygens (including phenoxy) is 1. The molecular weight excluding hydrogens is 421 g/mol. The van der Waals surface area contributed by atoms with E-state index in [0.29, 0.717) is 23.7 Å². The predicted molar refractivity (Wildman–Crippen MR) is 103 cm³/mol. The second kappa shape index (κ2) is 8.65. The minimum Gasteiger partial charge on any atom is -0.494 e. The van der Waals surface area contributed by atoms with Crippen LogP contribution in [0.3, 0.4) is 0 Å². The van der Waals surface area contributed by atoms with Gasteiger partial charge in [0.25, 0.3) is 0 Å². The van der Waals surface area contributed by atoms with E-state index in [4.69, 9.17) is 9.15 Å². The summed E-state index contributed by atoms with van der Waals surface area (Å²) in [6, 6.07) is 16.0.